The van der Waals surface area contributed by atoms with Crippen LogP contribution < -0.4 is 4.74 Å². The number of aromatic nitrogens is 4. The van der Waals surface area contributed by atoms with Crippen molar-refractivity contribution in [3.8, 4) is 17.1 Å². The summed E-state index contributed by atoms with van der Waals surface area (Å²) in [4.78, 5) is 4.04. The van der Waals surface area contributed by atoms with Gasteiger partial charge in [0.25, 0.3) is 0 Å². The van der Waals surface area contributed by atoms with E-state index in [0.29, 0.717) is 6.61 Å². The molecule has 0 aliphatic rings. The van der Waals surface area contributed by atoms with Gasteiger partial charge in [0.05, 0.1) is 6.61 Å². The van der Waals surface area contributed by atoms with Crippen LogP contribution in [0.4, 0.5) is 0 Å². The Morgan fingerprint density at radius 1 is 1.04 bits per heavy atom. The van der Waals surface area contributed by atoms with Gasteiger partial charge in [0.15, 0.2) is 11.0 Å². The van der Waals surface area contributed by atoms with Crippen LogP contribution in [-0.4, -0.2) is 32.1 Å². The van der Waals surface area contributed by atoms with E-state index in [1.54, 1.807) is 24.2 Å². The highest BCUT2D eigenvalue weighted by Crippen LogP contribution is 2.23. The van der Waals surface area contributed by atoms with Gasteiger partial charge in [-0.05, 0) is 31.2 Å². The maximum atomic E-state index is 5.71. The molecule has 2 heterocycles. The Labute approximate surface area is 139 Å². The molecule has 0 bridgehead atoms. The number of thioether (sulfide) groups is 1. The topological polar surface area (TPSA) is 52.8 Å². The molecule has 3 aromatic rings. The Balaban J connectivity index is 1.61. The fraction of sp³-hybridized carbons (Fsp3) is 0.235. The van der Waals surface area contributed by atoms with Crippen LogP contribution in [0.25, 0.3) is 11.4 Å². The predicted molar refractivity (Wildman–Crippen MR) is 91.6 cm³/mol. The van der Waals surface area contributed by atoms with Gasteiger partial charge in [-0.3, -0.25) is 4.98 Å². The van der Waals surface area contributed by atoms with Crippen molar-refractivity contribution in [3.63, 3.8) is 0 Å². The Hall–Kier alpha value is -2.34. The SMILES string of the molecule is CCn1c(SCCOc2ccccc2)nnc1-c1ccncc1. The lowest BCUT2D eigenvalue weighted by molar-refractivity contribution is 0.344. The predicted octanol–water partition coefficient (Wildman–Crippen LogP) is 3.53. The van der Waals surface area contributed by atoms with E-state index < -0.39 is 0 Å². The Kier molecular flexibility index (Phi) is 5.26. The van der Waals surface area contributed by atoms with Crippen LogP contribution in [0.3, 0.4) is 0 Å². The number of para-hydroxylation sites is 1. The number of rotatable bonds is 7. The van der Waals surface area contributed by atoms with Gasteiger partial charge >= 0.3 is 0 Å². The second-order valence-corrected chi connectivity index (χ2v) is 5.86. The molecule has 0 atom stereocenters. The summed E-state index contributed by atoms with van der Waals surface area (Å²) >= 11 is 1.66. The molecule has 23 heavy (non-hydrogen) atoms. The summed E-state index contributed by atoms with van der Waals surface area (Å²) in [5.41, 5.74) is 1.03. The lowest BCUT2D eigenvalue weighted by Gasteiger charge is -2.08. The molecule has 0 aliphatic heterocycles. The molecule has 0 saturated carbocycles. The minimum absolute atomic E-state index is 0.635. The molecule has 2 aromatic heterocycles. The first-order valence-electron chi connectivity index (χ1n) is 7.52. The van der Waals surface area contributed by atoms with Crippen LogP contribution in [-0.2, 0) is 6.54 Å². The van der Waals surface area contributed by atoms with Gasteiger partial charge < -0.3 is 9.30 Å². The molecule has 0 saturated heterocycles. The zero-order valence-corrected chi connectivity index (χ0v) is 13.7. The smallest absolute Gasteiger partial charge is 0.191 e. The third-order valence-electron chi connectivity index (χ3n) is 3.30. The molecule has 5 nitrogen and oxygen atoms in total. The van der Waals surface area contributed by atoms with Crippen LogP contribution >= 0.6 is 11.8 Å². The number of hydrogen-bond donors (Lipinski definition) is 0. The molecular formula is C17H18N4OS. The molecule has 0 amide bonds. The molecule has 0 radical (unpaired) electrons. The van der Waals surface area contributed by atoms with E-state index in [9.17, 15) is 0 Å². The van der Waals surface area contributed by atoms with E-state index in [0.717, 1.165) is 34.6 Å². The highest BCUT2D eigenvalue weighted by atomic mass is 32.2. The first kappa shape index (κ1) is 15.6. The first-order chi connectivity index (χ1) is 11.4. The summed E-state index contributed by atoms with van der Waals surface area (Å²) in [6, 6.07) is 13.7. The molecule has 118 valence electrons. The number of ether oxygens (including phenoxy) is 1. The molecule has 0 N–H and O–H groups in total. The third kappa shape index (κ3) is 3.90. The fourth-order valence-corrected chi connectivity index (χ4v) is 3.02. The maximum absolute atomic E-state index is 5.71. The van der Waals surface area contributed by atoms with Crippen molar-refractivity contribution in [1.82, 2.24) is 19.7 Å². The Morgan fingerprint density at radius 3 is 2.57 bits per heavy atom. The van der Waals surface area contributed by atoms with E-state index in [-0.39, 0.29) is 0 Å². The molecule has 6 heteroatoms. The van der Waals surface area contributed by atoms with E-state index in [4.69, 9.17) is 4.74 Å². The largest absolute Gasteiger partial charge is 0.493 e. The Bertz CT molecular complexity index is 731. The average molecular weight is 326 g/mol. The first-order valence-corrected chi connectivity index (χ1v) is 8.51. The normalized spacial score (nSPS) is 10.7. The van der Waals surface area contributed by atoms with Crippen LogP contribution in [0, 0.1) is 0 Å². The average Bonchev–Trinajstić information content (AvgIpc) is 3.03. The van der Waals surface area contributed by atoms with Crippen molar-refractivity contribution in [2.75, 3.05) is 12.4 Å². The van der Waals surface area contributed by atoms with Crippen LogP contribution in [0.15, 0.2) is 60.0 Å². The zero-order valence-electron chi connectivity index (χ0n) is 12.9. The minimum Gasteiger partial charge on any atom is -0.493 e. The lowest BCUT2D eigenvalue weighted by atomic mass is 10.2. The fourth-order valence-electron chi connectivity index (χ4n) is 2.20. The summed E-state index contributed by atoms with van der Waals surface area (Å²) in [7, 11) is 0. The summed E-state index contributed by atoms with van der Waals surface area (Å²) in [6.45, 7) is 3.56. The number of hydrogen-bond acceptors (Lipinski definition) is 5. The quantitative estimate of drug-likeness (QED) is 0.491. The highest BCUT2D eigenvalue weighted by Gasteiger charge is 2.12. The van der Waals surface area contributed by atoms with E-state index in [1.807, 2.05) is 42.5 Å². The van der Waals surface area contributed by atoms with E-state index >= 15 is 0 Å². The second-order valence-electron chi connectivity index (χ2n) is 4.80. The van der Waals surface area contributed by atoms with Crippen molar-refractivity contribution in [1.29, 1.82) is 0 Å². The molecule has 1 aromatic carbocycles. The van der Waals surface area contributed by atoms with Crippen LogP contribution in [0.1, 0.15) is 6.92 Å². The van der Waals surface area contributed by atoms with Crippen molar-refractivity contribution in [3.05, 3.63) is 54.9 Å². The highest BCUT2D eigenvalue weighted by molar-refractivity contribution is 7.99. The maximum Gasteiger partial charge on any atom is 0.191 e. The van der Waals surface area contributed by atoms with Crippen molar-refractivity contribution < 1.29 is 4.74 Å². The van der Waals surface area contributed by atoms with Crippen molar-refractivity contribution in [2.24, 2.45) is 0 Å². The van der Waals surface area contributed by atoms with Gasteiger partial charge in [0.1, 0.15) is 5.75 Å². The number of benzene rings is 1. The monoisotopic (exact) mass is 326 g/mol. The molecule has 3 rings (SSSR count). The van der Waals surface area contributed by atoms with Gasteiger partial charge in [-0.15, -0.1) is 10.2 Å². The molecule has 0 fully saturated rings. The van der Waals surface area contributed by atoms with Gasteiger partial charge in [-0.2, -0.15) is 0 Å². The standard InChI is InChI=1S/C17H18N4OS/c1-2-21-16(14-8-10-18-11-9-14)19-20-17(21)23-13-12-22-15-6-4-3-5-7-15/h3-11H,2,12-13H2,1H3. The van der Waals surface area contributed by atoms with E-state index in [1.165, 1.54) is 0 Å². The zero-order chi connectivity index (χ0) is 15.9. The third-order valence-corrected chi connectivity index (χ3v) is 4.23. The molecule has 0 aliphatic carbocycles. The summed E-state index contributed by atoms with van der Waals surface area (Å²) in [5, 5.41) is 9.54. The number of pyridine rings is 1. The van der Waals surface area contributed by atoms with E-state index in [2.05, 4.69) is 26.7 Å². The number of nitrogens with zero attached hydrogens (tertiary/aromatic N) is 4. The molecular weight excluding hydrogens is 308 g/mol. The lowest BCUT2D eigenvalue weighted by Crippen LogP contribution is -2.03. The van der Waals surface area contributed by atoms with Gasteiger partial charge in [0.2, 0.25) is 0 Å². The Morgan fingerprint density at radius 2 is 1.83 bits per heavy atom. The van der Waals surface area contributed by atoms with Crippen LogP contribution in [0.5, 0.6) is 5.75 Å². The molecule has 0 unspecified atom stereocenters. The van der Waals surface area contributed by atoms with Gasteiger partial charge in [-0.25, -0.2) is 0 Å². The summed E-state index contributed by atoms with van der Waals surface area (Å²) in [6.07, 6.45) is 3.54. The summed E-state index contributed by atoms with van der Waals surface area (Å²) in [5.74, 6) is 2.59. The minimum atomic E-state index is 0.635. The van der Waals surface area contributed by atoms with Crippen LogP contribution in [0.2, 0.25) is 0 Å². The van der Waals surface area contributed by atoms with Crippen molar-refractivity contribution >= 4 is 11.8 Å². The van der Waals surface area contributed by atoms with Crippen molar-refractivity contribution in [2.45, 2.75) is 18.6 Å². The van der Waals surface area contributed by atoms with Gasteiger partial charge in [-0.1, -0.05) is 30.0 Å². The summed E-state index contributed by atoms with van der Waals surface area (Å²) < 4.78 is 7.82. The second kappa shape index (κ2) is 7.78. The van der Waals surface area contributed by atoms with Gasteiger partial charge in [0, 0.05) is 30.3 Å². The molecule has 0 spiro atoms.